The summed E-state index contributed by atoms with van der Waals surface area (Å²) in [5.41, 5.74) is 3.50. The molecule has 1 aromatic carbocycles. The number of carbonyl (C=O) groups is 1. The quantitative estimate of drug-likeness (QED) is 0.885. The number of benzene rings is 1. The van der Waals surface area contributed by atoms with Crippen molar-refractivity contribution in [1.29, 1.82) is 0 Å². The lowest BCUT2D eigenvalue weighted by molar-refractivity contribution is -0.136. The van der Waals surface area contributed by atoms with Gasteiger partial charge in [-0.3, -0.25) is 4.79 Å². The number of carboxylic acids is 1. The van der Waals surface area contributed by atoms with Gasteiger partial charge in [-0.2, -0.15) is 0 Å². The Hall–Kier alpha value is -2.36. The van der Waals surface area contributed by atoms with Crippen LogP contribution in [0.3, 0.4) is 0 Å². The van der Waals surface area contributed by atoms with Gasteiger partial charge in [-0.05, 0) is 42.7 Å². The second-order valence-corrected chi connectivity index (χ2v) is 5.18. The highest BCUT2D eigenvalue weighted by Crippen LogP contribution is 2.18. The Bertz CT molecular complexity index is 626. The van der Waals surface area contributed by atoms with Crippen LogP contribution in [0.5, 0.6) is 0 Å². The minimum Gasteiger partial charge on any atom is -0.481 e. The average molecular weight is 284 g/mol. The summed E-state index contributed by atoms with van der Waals surface area (Å²) < 4.78 is 0. The largest absolute Gasteiger partial charge is 0.481 e. The number of hydrogen-bond donors (Lipinski definition) is 1. The van der Waals surface area contributed by atoms with E-state index >= 15 is 0 Å². The molecule has 0 aliphatic rings. The summed E-state index contributed by atoms with van der Waals surface area (Å²) in [6.07, 6.45) is 1.86. The van der Waals surface area contributed by atoms with Gasteiger partial charge in [-0.15, -0.1) is 0 Å². The molecule has 0 amide bonds. The van der Waals surface area contributed by atoms with E-state index in [9.17, 15) is 4.79 Å². The number of nitrogens with zero attached hydrogens (tertiary/aromatic N) is 2. The van der Waals surface area contributed by atoms with Gasteiger partial charge in [0.1, 0.15) is 5.82 Å². The minimum absolute atomic E-state index is 0.0987. The Labute approximate surface area is 125 Å². The molecule has 1 N–H and O–H groups in total. The van der Waals surface area contributed by atoms with E-state index in [0.29, 0.717) is 13.1 Å². The lowest BCUT2D eigenvalue weighted by atomic mass is 10.1. The van der Waals surface area contributed by atoms with E-state index in [1.165, 1.54) is 11.1 Å². The first-order valence-corrected chi connectivity index (χ1v) is 7.00. The molecule has 0 spiro atoms. The Morgan fingerprint density at radius 2 is 2.00 bits per heavy atom. The van der Waals surface area contributed by atoms with Gasteiger partial charge in [0.2, 0.25) is 0 Å². The van der Waals surface area contributed by atoms with Crippen LogP contribution in [0.25, 0.3) is 0 Å². The normalized spacial score (nSPS) is 10.4. The molecule has 0 unspecified atom stereocenters. The van der Waals surface area contributed by atoms with Gasteiger partial charge in [0, 0.05) is 19.3 Å². The fraction of sp³-hybridized carbons (Fsp3) is 0.294. The highest BCUT2D eigenvalue weighted by atomic mass is 16.4. The smallest absolute Gasteiger partial charge is 0.305 e. The monoisotopic (exact) mass is 284 g/mol. The third-order valence-corrected chi connectivity index (χ3v) is 3.44. The standard InChI is InChI=1S/C17H20N2O2/c1-13-7-9-18-16(11-13)19(10-8-17(20)21)12-15-6-4-3-5-14(15)2/h3-7,9,11H,8,10,12H2,1-2H3,(H,20,21). The summed E-state index contributed by atoms with van der Waals surface area (Å²) in [6, 6.07) is 12.1. The van der Waals surface area contributed by atoms with Gasteiger partial charge in [-0.25, -0.2) is 4.98 Å². The SMILES string of the molecule is Cc1ccnc(N(CCC(=O)O)Cc2ccccc2C)c1. The van der Waals surface area contributed by atoms with E-state index in [2.05, 4.69) is 24.0 Å². The Morgan fingerprint density at radius 3 is 2.67 bits per heavy atom. The lowest BCUT2D eigenvalue weighted by Gasteiger charge is -2.24. The molecule has 4 nitrogen and oxygen atoms in total. The van der Waals surface area contributed by atoms with E-state index < -0.39 is 5.97 Å². The van der Waals surface area contributed by atoms with E-state index in [4.69, 9.17) is 5.11 Å². The molecular formula is C17H20N2O2. The first kappa shape index (κ1) is 15.0. The molecule has 0 bridgehead atoms. The van der Waals surface area contributed by atoms with Gasteiger partial charge in [-0.1, -0.05) is 24.3 Å². The van der Waals surface area contributed by atoms with Crippen LogP contribution in [0.4, 0.5) is 5.82 Å². The van der Waals surface area contributed by atoms with Crippen LogP contribution in [0.1, 0.15) is 23.1 Å². The lowest BCUT2D eigenvalue weighted by Crippen LogP contribution is -2.27. The predicted octanol–water partition coefficient (Wildman–Crippen LogP) is 3.18. The molecule has 0 atom stereocenters. The second-order valence-electron chi connectivity index (χ2n) is 5.18. The number of aliphatic carboxylic acids is 1. The van der Waals surface area contributed by atoms with Gasteiger partial charge in [0.25, 0.3) is 0 Å². The molecule has 1 heterocycles. The second kappa shape index (κ2) is 6.88. The molecule has 0 fully saturated rings. The van der Waals surface area contributed by atoms with Gasteiger partial charge in [0.15, 0.2) is 0 Å². The highest BCUT2D eigenvalue weighted by Gasteiger charge is 2.12. The van der Waals surface area contributed by atoms with E-state index in [1.54, 1.807) is 6.20 Å². The third-order valence-electron chi connectivity index (χ3n) is 3.44. The van der Waals surface area contributed by atoms with Crippen molar-refractivity contribution in [3.8, 4) is 0 Å². The van der Waals surface area contributed by atoms with Crippen molar-refractivity contribution in [1.82, 2.24) is 4.98 Å². The Kier molecular flexibility index (Phi) is 4.93. The number of pyridine rings is 1. The molecule has 2 aromatic rings. The number of aryl methyl sites for hydroxylation is 2. The molecular weight excluding hydrogens is 264 g/mol. The van der Waals surface area contributed by atoms with Crippen LogP contribution in [0, 0.1) is 13.8 Å². The van der Waals surface area contributed by atoms with E-state index in [1.807, 2.05) is 36.1 Å². The van der Waals surface area contributed by atoms with Crippen LogP contribution >= 0.6 is 0 Å². The maximum Gasteiger partial charge on any atom is 0.305 e. The van der Waals surface area contributed by atoms with E-state index in [0.717, 1.165) is 11.4 Å². The van der Waals surface area contributed by atoms with Crippen molar-refractivity contribution in [2.45, 2.75) is 26.8 Å². The minimum atomic E-state index is -0.794. The van der Waals surface area contributed by atoms with Gasteiger partial charge < -0.3 is 10.0 Å². The Balaban J connectivity index is 2.23. The summed E-state index contributed by atoms with van der Waals surface area (Å²) in [6.45, 7) is 5.18. The zero-order valence-corrected chi connectivity index (χ0v) is 12.4. The van der Waals surface area contributed by atoms with Crippen LogP contribution in [-0.2, 0) is 11.3 Å². The molecule has 0 saturated heterocycles. The van der Waals surface area contributed by atoms with Crippen molar-refractivity contribution in [3.63, 3.8) is 0 Å². The van der Waals surface area contributed by atoms with Crippen LogP contribution in [-0.4, -0.2) is 22.6 Å². The number of anilines is 1. The van der Waals surface area contributed by atoms with Gasteiger partial charge in [0.05, 0.1) is 6.42 Å². The summed E-state index contributed by atoms with van der Waals surface area (Å²) in [4.78, 5) is 17.3. The zero-order valence-electron chi connectivity index (χ0n) is 12.4. The molecule has 0 aliphatic carbocycles. The maximum atomic E-state index is 10.9. The Morgan fingerprint density at radius 1 is 1.24 bits per heavy atom. The summed E-state index contributed by atoms with van der Waals surface area (Å²) in [5.74, 6) is 0.0249. The zero-order chi connectivity index (χ0) is 15.2. The van der Waals surface area contributed by atoms with Crippen molar-refractivity contribution in [2.75, 3.05) is 11.4 Å². The molecule has 110 valence electrons. The molecule has 1 aromatic heterocycles. The number of aromatic nitrogens is 1. The fourth-order valence-corrected chi connectivity index (χ4v) is 2.19. The fourth-order valence-electron chi connectivity index (χ4n) is 2.19. The van der Waals surface area contributed by atoms with Crippen LogP contribution in [0.15, 0.2) is 42.6 Å². The highest BCUT2D eigenvalue weighted by molar-refractivity contribution is 5.67. The first-order chi connectivity index (χ1) is 10.1. The van der Waals surface area contributed by atoms with Crippen molar-refractivity contribution < 1.29 is 9.90 Å². The van der Waals surface area contributed by atoms with Crippen LogP contribution < -0.4 is 4.90 Å². The molecule has 0 aliphatic heterocycles. The topological polar surface area (TPSA) is 53.4 Å². The van der Waals surface area contributed by atoms with Crippen molar-refractivity contribution >= 4 is 11.8 Å². The maximum absolute atomic E-state index is 10.9. The van der Waals surface area contributed by atoms with E-state index in [-0.39, 0.29) is 6.42 Å². The summed E-state index contributed by atoms with van der Waals surface area (Å²) in [5, 5.41) is 8.94. The number of carboxylic acid groups (broad SMARTS) is 1. The first-order valence-electron chi connectivity index (χ1n) is 7.00. The van der Waals surface area contributed by atoms with Crippen molar-refractivity contribution in [2.24, 2.45) is 0 Å². The average Bonchev–Trinajstić information content (AvgIpc) is 2.45. The van der Waals surface area contributed by atoms with Crippen LogP contribution in [0.2, 0.25) is 0 Å². The third kappa shape index (κ3) is 4.31. The molecule has 2 rings (SSSR count). The number of hydrogen-bond acceptors (Lipinski definition) is 3. The predicted molar refractivity (Wildman–Crippen MR) is 83.5 cm³/mol. The van der Waals surface area contributed by atoms with Gasteiger partial charge >= 0.3 is 5.97 Å². The molecule has 21 heavy (non-hydrogen) atoms. The molecule has 0 radical (unpaired) electrons. The summed E-state index contributed by atoms with van der Waals surface area (Å²) >= 11 is 0. The van der Waals surface area contributed by atoms with Crippen molar-refractivity contribution in [3.05, 3.63) is 59.3 Å². The number of rotatable bonds is 6. The summed E-state index contributed by atoms with van der Waals surface area (Å²) in [7, 11) is 0. The molecule has 0 saturated carbocycles. The molecule has 4 heteroatoms.